The van der Waals surface area contributed by atoms with Gasteiger partial charge in [-0.05, 0) is 56.4 Å². The van der Waals surface area contributed by atoms with Crippen molar-refractivity contribution >= 4 is 0 Å². The molecule has 2 bridgehead atoms. The summed E-state index contributed by atoms with van der Waals surface area (Å²) in [6.45, 7) is 9.88. The maximum Gasteiger partial charge on any atom is 0.0669 e. The van der Waals surface area contributed by atoms with Crippen LogP contribution in [0.2, 0.25) is 0 Å². The topological polar surface area (TPSA) is 29.9 Å². The van der Waals surface area contributed by atoms with E-state index in [0.29, 0.717) is 0 Å². The summed E-state index contributed by atoms with van der Waals surface area (Å²) in [5.41, 5.74) is 4.27. The number of aromatic nitrogens is 2. The van der Waals surface area contributed by atoms with Gasteiger partial charge >= 0.3 is 0 Å². The Kier molecular flexibility index (Phi) is 4.68. The first-order valence-corrected chi connectivity index (χ1v) is 9.04. The van der Waals surface area contributed by atoms with Crippen LogP contribution < -0.4 is 5.32 Å². The lowest BCUT2D eigenvalue weighted by Crippen LogP contribution is -2.20. The molecule has 21 heavy (non-hydrogen) atoms. The zero-order chi connectivity index (χ0) is 14.8. The summed E-state index contributed by atoms with van der Waals surface area (Å²) in [6.07, 6.45) is 8.08. The fraction of sp³-hybridized carbons (Fsp3) is 0.833. The largest absolute Gasteiger partial charge is 0.313 e. The van der Waals surface area contributed by atoms with E-state index in [1.165, 1.54) is 49.2 Å². The molecular weight excluding hydrogens is 258 g/mol. The van der Waals surface area contributed by atoms with Crippen molar-refractivity contribution in [2.24, 2.45) is 17.8 Å². The summed E-state index contributed by atoms with van der Waals surface area (Å²) in [6, 6.07) is 0. The van der Waals surface area contributed by atoms with Crippen molar-refractivity contribution in [1.82, 2.24) is 15.1 Å². The standard InChI is InChI=1S/C18H31N3/c1-4-17-16(11-19-6-3)18(5-2)21(20-17)12-15-10-13-7-8-14(15)9-13/h13-15,19H,4-12H2,1-3H3. The lowest BCUT2D eigenvalue weighted by atomic mass is 9.89. The molecular formula is C18H31N3. The smallest absolute Gasteiger partial charge is 0.0669 e. The third-order valence-corrected chi connectivity index (χ3v) is 5.76. The summed E-state index contributed by atoms with van der Waals surface area (Å²) < 4.78 is 2.37. The maximum absolute atomic E-state index is 4.98. The highest BCUT2D eigenvalue weighted by molar-refractivity contribution is 5.27. The minimum atomic E-state index is 0.894. The van der Waals surface area contributed by atoms with E-state index < -0.39 is 0 Å². The van der Waals surface area contributed by atoms with Crippen LogP contribution in [0.25, 0.3) is 0 Å². The van der Waals surface area contributed by atoms with Gasteiger partial charge in [0, 0.05) is 24.3 Å². The average Bonchev–Trinajstić information content (AvgIpc) is 3.18. The van der Waals surface area contributed by atoms with Gasteiger partial charge in [0.1, 0.15) is 0 Å². The highest BCUT2D eigenvalue weighted by Gasteiger charge is 2.39. The third kappa shape index (κ3) is 2.90. The van der Waals surface area contributed by atoms with E-state index in [2.05, 4.69) is 30.8 Å². The van der Waals surface area contributed by atoms with Crippen molar-refractivity contribution in [3.63, 3.8) is 0 Å². The predicted molar refractivity (Wildman–Crippen MR) is 87.3 cm³/mol. The van der Waals surface area contributed by atoms with E-state index in [4.69, 9.17) is 5.10 Å². The Labute approximate surface area is 129 Å². The Balaban J connectivity index is 1.79. The highest BCUT2D eigenvalue weighted by Crippen LogP contribution is 2.48. The van der Waals surface area contributed by atoms with E-state index >= 15 is 0 Å². The van der Waals surface area contributed by atoms with E-state index in [1.807, 2.05) is 0 Å². The van der Waals surface area contributed by atoms with Gasteiger partial charge in [0.25, 0.3) is 0 Å². The minimum absolute atomic E-state index is 0.894. The molecule has 2 aliphatic carbocycles. The monoisotopic (exact) mass is 289 g/mol. The first-order chi connectivity index (χ1) is 10.3. The Hall–Kier alpha value is -0.830. The van der Waals surface area contributed by atoms with E-state index in [1.54, 1.807) is 0 Å². The first-order valence-electron chi connectivity index (χ1n) is 9.04. The van der Waals surface area contributed by atoms with E-state index in [9.17, 15) is 0 Å². The van der Waals surface area contributed by atoms with Gasteiger partial charge in [0.15, 0.2) is 0 Å². The van der Waals surface area contributed by atoms with Crippen LogP contribution in [0.3, 0.4) is 0 Å². The van der Waals surface area contributed by atoms with Crippen LogP contribution >= 0.6 is 0 Å². The molecule has 3 nitrogen and oxygen atoms in total. The molecule has 3 heteroatoms. The number of rotatable bonds is 7. The Morgan fingerprint density at radius 1 is 1.14 bits per heavy atom. The van der Waals surface area contributed by atoms with Gasteiger partial charge in [-0.25, -0.2) is 0 Å². The molecule has 0 radical (unpaired) electrons. The molecule has 1 aromatic rings. The molecule has 118 valence electrons. The van der Waals surface area contributed by atoms with Crippen molar-refractivity contribution in [1.29, 1.82) is 0 Å². The van der Waals surface area contributed by atoms with Crippen LogP contribution in [0.4, 0.5) is 0 Å². The Bertz CT molecular complexity index is 477. The quantitative estimate of drug-likeness (QED) is 0.832. The summed E-state index contributed by atoms with van der Waals surface area (Å²) in [5, 5.41) is 8.47. The van der Waals surface area contributed by atoms with Gasteiger partial charge < -0.3 is 5.32 Å². The molecule has 0 spiro atoms. The molecule has 3 unspecified atom stereocenters. The highest BCUT2D eigenvalue weighted by atomic mass is 15.3. The van der Waals surface area contributed by atoms with E-state index in [-0.39, 0.29) is 0 Å². The number of hydrogen-bond donors (Lipinski definition) is 1. The van der Waals surface area contributed by atoms with Crippen LogP contribution in [-0.4, -0.2) is 16.3 Å². The van der Waals surface area contributed by atoms with Crippen LogP contribution in [0.1, 0.15) is 63.4 Å². The third-order valence-electron chi connectivity index (χ3n) is 5.76. The number of nitrogens with one attached hydrogen (secondary N) is 1. The Morgan fingerprint density at radius 3 is 2.57 bits per heavy atom. The summed E-state index contributed by atoms with van der Waals surface area (Å²) >= 11 is 0. The van der Waals surface area contributed by atoms with Gasteiger partial charge in [-0.1, -0.05) is 27.2 Å². The van der Waals surface area contributed by atoms with Crippen molar-refractivity contribution in [2.75, 3.05) is 6.54 Å². The molecule has 1 aromatic heterocycles. The summed E-state index contributed by atoms with van der Waals surface area (Å²) in [5.74, 6) is 2.92. The van der Waals surface area contributed by atoms with Gasteiger partial charge in [0.05, 0.1) is 5.69 Å². The van der Waals surface area contributed by atoms with Crippen LogP contribution in [0.15, 0.2) is 0 Å². The molecule has 2 saturated carbocycles. The first kappa shape index (κ1) is 15.1. The van der Waals surface area contributed by atoms with Gasteiger partial charge in [0.2, 0.25) is 0 Å². The van der Waals surface area contributed by atoms with Gasteiger partial charge in [-0.3, -0.25) is 4.68 Å². The minimum Gasteiger partial charge on any atom is -0.313 e. The molecule has 0 amide bonds. The average molecular weight is 289 g/mol. The fourth-order valence-electron chi connectivity index (χ4n) is 4.70. The second-order valence-corrected chi connectivity index (χ2v) is 6.98. The number of hydrogen-bond acceptors (Lipinski definition) is 2. The molecule has 3 atom stereocenters. The van der Waals surface area contributed by atoms with Crippen molar-refractivity contribution < 1.29 is 0 Å². The maximum atomic E-state index is 4.98. The summed E-state index contributed by atoms with van der Waals surface area (Å²) in [7, 11) is 0. The molecule has 2 aliphatic rings. The molecule has 3 rings (SSSR count). The van der Waals surface area contributed by atoms with Crippen molar-refractivity contribution in [2.45, 2.75) is 72.4 Å². The molecule has 1 heterocycles. The van der Waals surface area contributed by atoms with Crippen LogP contribution in [0, 0.1) is 17.8 Å². The second-order valence-electron chi connectivity index (χ2n) is 6.98. The molecule has 1 N–H and O–H groups in total. The number of nitrogens with zero attached hydrogens (tertiary/aromatic N) is 2. The SMILES string of the molecule is CCNCc1c(CC)nn(CC2CC3CCC2C3)c1CC. The Morgan fingerprint density at radius 2 is 2.00 bits per heavy atom. The summed E-state index contributed by atoms with van der Waals surface area (Å²) in [4.78, 5) is 0. The van der Waals surface area contributed by atoms with Gasteiger partial charge in [-0.15, -0.1) is 0 Å². The molecule has 0 saturated heterocycles. The number of fused-ring (bicyclic) bond motifs is 2. The lowest BCUT2D eigenvalue weighted by Gasteiger charge is -2.22. The number of aryl methyl sites for hydroxylation is 1. The fourth-order valence-corrected chi connectivity index (χ4v) is 4.70. The lowest BCUT2D eigenvalue weighted by molar-refractivity contribution is 0.282. The zero-order valence-electron chi connectivity index (χ0n) is 14.0. The van der Waals surface area contributed by atoms with Crippen molar-refractivity contribution in [3.8, 4) is 0 Å². The molecule has 0 aromatic carbocycles. The normalized spacial score (nSPS) is 27.7. The molecule has 2 fully saturated rings. The van der Waals surface area contributed by atoms with Crippen molar-refractivity contribution in [3.05, 3.63) is 17.0 Å². The predicted octanol–water partition coefficient (Wildman–Crippen LogP) is 3.55. The van der Waals surface area contributed by atoms with E-state index in [0.717, 1.165) is 43.7 Å². The molecule has 0 aliphatic heterocycles. The zero-order valence-corrected chi connectivity index (χ0v) is 14.0. The van der Waals surface area contributed by atoms with Gasteiger partial charge in [-0.2, -0.15) is 5.10 Å². The second kappa shape index (κ2) is 6.51. The van der Waals surface area contributed by atoms with Crippen LogP contribution in [0.5, 0.6) is 0 Å². The van der Waals surface area contributed by atoms with Crippen LogP contribution in [-0.2, 0) is 25.9 Å².